The lowest BCUT2D eigenvalue weighted by molar-refractivity contribution is 0.424. The highest BCUT2D eigenvalue weighted by molar-refractivity contribution is 6.59. The van der Waals surface area contributed by atoms with Crippen molar-refractivity contribution >= 4 is 25.2 Å². The average molecular weight is 312 g/mol. The van der Waals surface area contributed by atoms with Gasteiger partial charge >= 0.3 is 14.2 Å². The molecule has 6 heteroatoms. The van der Waals surface area contributed by atoms with E-state index in [0.717, 1.165) is 42.4 Å². The Labute approximate surface area is 137 Å². The molecule has 2 aromatic carbocycles. The van der Waals surface area contributed by atoms with Crippen molar-refractivity contribution in [2.75, 3.05) is 0 Å². The monoisotopic (exact) mass is 312 g/mol. The van der Waals surface area contributed by atoms with Crippen LogP contribution in [0.15, 0.2) is 42.5 Å². The third-order valence-electron chi connectivity index (χ3n) is 3.96. The van der Waals surface area contributed by atoms with E-state index >= 15 is 0 Å². The molecule has 4 nitrogen and oxygen atoms in total. The predicted octanol–water partition coefficient (Wildman–Crippen LogP) is -0.216. The van der Waals surface area contributed by atoms with Crippen LogP contribution in [0.3, 0.4) is 0 Å². The average Bonchev–Trinajstić information content (AvgIpc) is 2.54. The Morgan fingerprint density at radius 2 is 1.35 bits per heavy atom. The molecule has 0 aromatic heterocycles. The standard InChI is InChI=1S/C17H22B2O4/c1-2-13-9-15(12-17(10-13)19(22)23)7-3-5-14-6-4-8-16(11-14)18(20)21/h4,6,8-12,20-23H,2-3,5,7H2,1H3. The van der Waals surface area contributed by atoms with Gasteiger partial charge in [-0.15, -0.1) is 0 Å². The van der Waals surface area contributed by atoms with E-state index in [0.29, 0.717) is 10.9 Å². The summed E-state index contributed by atoms with van der Waals surface area (Å²) in [6.07, 6.45) is 3.41. The van der Waals surface area contributed by atoms with E-state index < -0.39 is 14.2 Å². The van der Waals surface area contributed by atoms with Gasteiger partial charge in [0.2, 0.25) is 0 Å². The topological polar surface area (TPSA) is 80.9 Å². The first kappa shape index (κ1) is 17.8. The molecule has 0 radical (unpaired) electrons. The maximum Gasteiger partial charge on any atom is 0.488 e. The lowest BCUT2D eigenvalue weighted by atomic mass is 9.78. The van der Waals surface area contributed by atoms with Crippen LogP contribution < -0.4 is 10.9 Å². The molecule has 0 saturated heterocycles. The van der Waals surface area contributed by atoms with Crippen LogP contribution in [-0.4, -0.2) is 34.3 Å². The van der Waals surface area contributed by atoms with Crippen LogP contribution in [0.5, 0.6) is 0 Å². The Kier molecular flexibility index (Phi) is 6.42. The van der Waals surface area contributed by atoms with Gasteiger partial charge in [0, 0.05) is 0 Å². The summed E-state index contributed by atoms with van der Waals surface area (Å²) in [5, 5.41) is 37.1. The van der Waals surface area contributed by atoms with E-state index in [-0.39, 0.29) is 0 Å². The number of hydrogen-bond acceptors (Lipinski definition) is 4. The zero-order valence-corrected chi connectivity index (χ0v) is 13.3. The zero-order valence-electron chi connectivity index (χ0n) is 13.3. The SMILES string of the molecule is CCc1cc(CCCc2cccc(B(O)O)c2)cc(B(O)O)c1. The van der Waals surface area contributed by atoms with Crippen LogP contribution in [0.2, 0.25) is 0 Å². The highest BCUT2D eigenvalue weighted by Gasteiger charge is 2.13. The molecule has 2 aromatic rings. The van der Waals surface area contributed by atoms with E-state index in [1.165, 1.54) is 0 Å². The molecule has 120 valence electrons. The van der Waals surface area contributed by atoms with Crippen molar-refractivity contribution in [2.45, 2.75) is 32.6 Å². The lowest BCUT2D eigenvalue weighted by Crippen LogP contribution is -2.30. The molecule has 4 N–H and O–H groups in total. The first-order valence-electron chi connectivity index (χ1n) is 7.93. The summed E-state index contributed by atoms with van der Waals surface area (Å²) >= 11 is 0. The van der Waals surface area contributed by atoms with Crippen molar-refractivity contribution in [1.82, 2.24) is 0 Å². The fourth-order valence-corrected chi connectivity index (χ4v) is 2.69. The van der Waals surface area contributed by atoms with Crippen LogP contribution in [0.4, 0.5) is 0 Å². The molecule has 0 atom stereocenters. The molecule has 0 aliphatic carbocycles. The van der Waals surface area contributed by atoms with Gasteiger partial charge in [-0.2, -0.15) is 0 Å². The van der Waals surface area contributed by atoms with Crippen molar-refractivity contribution in [2.24, 2.45) is 0 Å². The third-order valence-corrected chi connectivity index (χ3v) is 3.96. The summed E-state index contributed by atoms with van der Waals surface area (Å²) in [6.45, 7) is 2.04. The molecule has 23 heavy (non-hydrogen) atoms. The third kappa shape index (κ3) is 5.22. The molecule has 0 aliphatic heterocycles. The summed E-state index contributed by atoms with van der Waals surface area (Å²) in [5.41, 5.74) is 4.28. The van der Waals surface area contributed by atoms with Crippen LogP contribution in [0.1, 0.15) is 30.0 Å². The first-order chi connectivity index (χ1) is 11.0. The Balaban J connectivity index is 2.01. The molecular weight excluding hydrogens is 290 g/mol. The van der Waals surface area contributed by atoms with Crippen molar-refractivity contribution in [3.63, 3.8) is 0 Å². The predicted molar refractivity (Wildman–Crippen MR) is 93.9 cm³/mol. The van der Waals surface area contributed by atoms with Gasteiger partial charge in [0.25, 0.3) is 0 Å². The molecule has 0 bridgehead atoms. The van der Waals surface area contributed by atoms with Crippen molar-refractivity contribution in [3.05, 3.63) is 59.2 Å². The van der Waals surface area contributed by atoms with Gasteiger partial charge in [0.15, 0.2) is 0 Å². The molecule has 0 saturated carbocycles. The van der Waals surface area contributed by atoms with E-state index in [1.807, 2.05) is 31.2 Å². The normalized spacial score (nSPS) is 10.7. The maximum atomic E-state index is 9.36. The Bertz CT molecular complexity index is 644. The van der Waals surface area contributed by atoms with Gasteiger partial charge in [-0.25, -0.2) is 0 Å². The fraction of sp³-hybridized carbons (Fsp3) is 0.294. The van der Waals surface area contributed by atoms with Crippen molar-refractivity contribution in [1.29, 1.82) is 0 Å². The fourth-order valence-electron chi connectivity index (χ4n) is 2.69. The Hall–Kier alpha value is -1.59. The van der Waals surface area contributed by atoms with E-state index in [2.05, 4.69) is 6.07 Å². The van der Waals surface area contributed by atoms with Gasteiger partial charge in [-0.3, -0.25) is 0 Å². The second-order valence-corrected chi connectivity index (χ2v) is 5.78. The lowest BCUT2D eigenvalue weighted by Gasteiger charge is -2.09. The molecule has 0 unspecified atom stereocenters. The van der Waals surface area contributed by atoms with Crippen LogP contribution in [0, 0.1) is 0 Å². The Morgan fingerprint density at radius 3 is 2.00 bits per heavy atom. The summed E-state index contributed by atoms with van der Waals surface area (Å²) in [5.74, 6) is 0. The van der Waals surface area contributed by atoms with Crippen LogP contribution in [-0.2, 0) is 19.3 Å². The smallest absolute Gasteiger partial charge is 0.423 e. The summed E-state index contributed by atoms with van der Waals surface area (Å²) in [4.78, 5) is 0. The largest absolute Gasteiger partial charge is 0.488 e. The van der Waals surface area contributed by atoms with Gasteiger partial charge in [-0.1, -0.05) is 49.4 Å². The molecule has 0 fully saturated rings. The van der Waals surface area contributed by atoms with Crippen molar-refractivity contribution in [3.8, 4) is 0 Å². The number of aryl methyl sites for hydroxylation is 3. The highest BCUT2D eigenvalue weighted by Crippen LogP contribution is 2.10. The summed E-state index contributed by atoms with van der Waals surface area (Å²) in [7, 11) is -2.88. The molecule has 0 aliphatic rings. The number of benzene rings is 2. The van der Waals surface area contributed by atoms with Gasteiger partial charge in [-0.05, 0) is 53.3 Å². The number of rotatable bonds is 7. The number of hydrogen-bond donors (Lipinski definition) is 4. The van der Waals surface area contributed by atoms with E-state index in [4.69, 9.17) is 0 Å². The molecular formula is C17H22B2O4. The summed E-state index contributed by atoms with van der Waals surface area (Å²) in [6, 6.07) is 13.0. The second-order valence-electron chi connectivity index (χ2n) is 5.78. The molecule has 2 rings (SSSR count). The highest BCUT2D eigenvalue weighted by atomic mass is 16.4. The van der Waals surface area contributed by atoms with Gasteiger partial charge < -0.3 is 20.1 Å². The maximum absolute atomic E-state index is 9.36. The van der Waals surface area contributed by atoms with Gasteiger partial charge in [0.1, 0.15) is 0 Å². The quantitative estimate of drug-likeness (QED) is 0.533. The Morgan fingerprint density at radius 1 is 0.739 bits per heavy atom. The molecule has 0 heterocycles. The first-order valence-corrected chi connectivity index (χ1v) is 7.93. The minimum absolute atomic E-state index is 0.501. The van der Waals surface area contributed by atoms with Crippen molar-refractivity contribution < 1.29 is 20.1 Å². The van der Waals surface area contributed by atoms with E-state index in [1.54, 1.807) is 12.1 Å². The minimum atomic E-state index is -1.44. The second kappa shape index (κ2) is 8.31. The van der Waals surface area contributed by atoms with Crippen LogP contribution in [0.25, 0.3) is 0 Å². The van der Waals surface area contributed by atoms with Crippen LogP contribution >= 0.6 is 0 Å². The minimum Gasteiger partial charge on any atom is -0.423 e. The van der Waals surface area contributed by atoms with E-state index in [9.17, 15) is 20.1 Å². The molecule has 0 spiro atoms. The summed E-state index contributed by atoms with van der Waals surface area (Å²) < 4.78 is 0. The molecule has 0 amide bonds. The zero-order chi connectivity index (χ0) is 16.8. The van der Waals surface area contributed by atoms with Gasteiger partial charge in [0.05, 0.1) is 0 Å².